The van der Waals surface area contributed by atoms with E-state index in [2.05, 4.69) is 33.4 Å². The fraction of sp³-hybridized carbons (Fsp3) is 0.769. The molecule has 0 radical (unpaired) electrons. The van der Waals surface area contributed by atoms with Crippen molar-refractivity contribution < 1.29 is 19.1 Å². The number of rotatable bonds is 5. The van der Waals surface area contributed by atoms with Crippen LogP contribution in [0.5, 0.6) is 0 Å². The number of allylic oxidation sites excluding steroid dienone is 2. The molecule has 0 aromatic heterocycles. The Balaban J connectivity index is 1.94. The molecule has 0 saturated heterocycles. The van der Waals surface area contributed by atoms with E-state index in [0.717, 1.165) is 38.5 Å². The summed E-state index contributed by atoms with van der Waals surface area (Å²) in [5, 5.41) is 0. The molecule has 7 atom stereocenters. The van der Waals surface area contributed by atoms with Gasteiger partial charge in [-0.05, 0) is 73.0 Å². The lowest BCUT2D eigenvalue weighted by Gasteiger charge is -2.56. The molecule has 4 nitrogen and oxygen atoms in total. The number of carbonyl (C=O) groups excluding carboxylic acids is 2. The zero-order valence-electron chi connectivity index (χ0n) is 19.5. The Labute approximate surface area is 182 Å². The summed E-state index contributed by atoms with van der Waals surface area (Å²) >= 11 is 0. The van der Waals surface area contributed by atoms with Crippen LogP contribution >= 0.6 is 0 Å². The third kappa shape index (κ3) is 4.24. The summed E-state index contributed by atoms with van der Waals surface area (Å²) in [6.07, 6.45) is 11.7. The number of ether oxygens (including phenoxy) is 2. The highest BCUT2D eigenvalue weighted by atomic mass is 16.5. The predicted molar refractivity (Wildman–Crippen MR) is 119 cm³/mol. The molecule has 3 aliphatic carbocycles. The van der Waals surface area contributed by atoms with E-state index >= 15 is 0 Å². The van der Waals surface area contributed by atoms with Crippen molar-refractivity contribution in [1.82, 2.24) is 0 Å². The topological polar surface area (TPSA) is 52.6 Å². The lowest BCUT2D eigenvalue weighted by Crippen LogP contribution is -2.50. The van der Waals surface area contributed by atoms with E-state index in [-0.39, 0.29) is 22.8 Å². The van der Waals surface area contributed by atoms with E-state index in [1.165, 1.54) is 26.0 Å². The first-order valence-corrected chi connectivity index (χ1v) is 11.7. The summed E-state index contributed by atoms with van der Waals surface area (Å²) in [5.41, 5.74) is 1.63. The molecule has 3 fully saturated rings. The third-order valence-electron chi connectivity index (χ3n) is 9.06. The summed E-state index contributed by atoms with van der Waals surface area (Å²) < 4.78 is 10.5. The lowest BCUT2D eigenvalue weighted by atomic mass is 9.49. The highest BCUT2D eigenvalue weighted by Crippen LogP contribution is 2.63. The van der Waals surface area contributed by atoms with Gasteiger partial charge in [0.05, 0.1) is 13.7 Å². The predicted octanol–water partition coefficient (Wildman–Crippen LogP) is 5.72. The van der Waals surface area contributed by atoms with Gasteiger partial charge in [-0.2, -0.15) is 0 Å². The Hall–Kier alpha value is -1.58. The Morgan fingerprint density at radius 3 is 2.57 bits per heavy atom. The highest BCUT2D eigenvalue weighted by molar-refractivity contribution is 5.81. The molecule has 30 heavy (non-hydrogen) atoms. The molecule has 3 saturated carbocycles. The minimum Gasteiger partial charge on any atom is -0.466 e. The maximum Gasteiger partial charge on any atom is 0.330 e. The average Bonchev–Trinajstić information content (AvgIpc) is 3.01. The largest absolute Gasteiger partial charge is 0.466 e. The quantitative estimate of drug-likeness (QED) is 0.327. The van der Waals surface area contributed by atoms with Crippen molar-refractivity contribution in [2.75, 3.05) is 13.7 Å². The third-order valence-corrected chi connectivity index (χ3v) is 9.06. The number of carbonyl (C=O) groups is 2. The zero-order chi connectivity index (χ0) is 22.1. The molecule has 3 rings (SSSR count). The van der Waals surface area contributed by atoms with Gasteiger partial charge in [0.2, 0.25) is 0 Å². The van der Waals surface area contributed by atoms with E-state index in [0.29, 0.717) is 36.2 Å². The lowest BCUT2D eigenvalue weighted by molar-refractivity contribution is -0.148. The molecule has 168 valence electrons. The van der Waals surface area contributed by atoms with Gasteiger partial charge in [0.25, 0.3) is 0 Å². The summed E-state index contributed by atoms with van der Waals surface area (Å²) in [6.45, 7) is 13.5. The molecule has 0 aliphatic heterocycles. The van der Waals surface area contributed by atoms with Crippen molar-refractivity contribution in [1.29, 1.82) is 0 Å². The maximum atomic E-state index is 11.8. The minimum absolute atomic E-state index is 0.0904. The first-order valence-electron chi connectivity index (χ1n) is 11.7. The number of methoxy groups -OCH3 is 1. The summed E-state index contributed by atoms with van der Waals surface area (Å²) in [4.78, 5) is 23.5. The highest BCUT2D eigenvalue weighted by Gasteiger charge is 2.56. The number of esters is 2. The van der Waals surface area contributed by atoms with Crippen LogP contribution in [-0.2, 0) is 19.1 Å². The van der Waals surface area contributed by atoms with Gasteiger partial charge in [0.1, 0.15) is 0 Å². The van der Waals surface area contributed by atoms with Crippen molar-refractivity contribution in [2.45, 2.75) is 72.6 Å². The van der Waals surface area contributed by atoms with Gasteiger partial charge in [0.15, 0.2) is 0 Å². The van der Waals surface area contributed by atoms with Crippen LogP contribution in [0.3, 0.4) is 0 Å². The molecule has 0 aromatic rings. The minimum atomic E-state index is -0.282. The van der Waals surface area contributed by atoms with Crippen LogP contribution < -0.4 is 0 Å². The summed E-state index contributed by atoms with van der Waals surface area (Å²) in [6, 6.07) is 0. The first kappa shape index (κ1) is 23.1. The van der Waals surface area contributed by atoms with E-state index in [1.807, 2.05) is 0 Å². The van der Waals surface area contributed by atoms with Crippen molar-refractivity contribution >= 4 is 11.9 Å². The molecule has 4 heteroatoms. The van der Waals surface area contributed by atoms with Crippen molar-refractivity contribution in [3.05, 3.63) is 24.3 Å². The number of fused-ring (bicyclic) bond motifs is 1. The monoisotopic (exact) mass is 416 g/mol. The average molecular weight is 417 g/mol. The Bertz CT molecular complexity index is 710. The molecule has 2 unspecified atom stereocenters. The van der Waals surface area contributed by atoms with E-state index in [4.69, 9.17) is 9.47 Å². The second-order valence-corrected chi connectivity index (χ2v) is 10.7. The van der Waals surface area contributed by atoms with Crippen LogP contribution in [0.25, 0.3) is 0 Å². The van der Waals surface area contributed by atoms with Gasteiger partial charge in [-0.3, -0.25) is 4.79 Å². The fourth-order valence-electron chi connectivity index (χ4n) is 7.04. The van der Waals surface area contributed by atoms with E-state index < -0.39 is 0 Å². The number of hydrogen-bond donors (Lipinski definition) is 0. The molecular formula is C26H40O4. The van der Waals surface area contributed by atoms with Crippen LogP contribution in [0.2, 0.25) is 0 Å². The van der Waals surface area contributed by atoms with E-state index in [9.17, 15) is 9.59 Å². The van der Waals surface area contributed by atoms with Crippen LogP contribution in [0.4, 0.5) is 0 Å². The van der Waals surface area contributed by atoms with Gasteiger partial charge < -0.3 is 9.47 Å². The molecule has 3 aliphatic rings. The standard InChI is InChI=1S/C26H40O4/c1-17-11-13-26(5,20(15-17)8-10-24(28)29-6)23-12-14-25(4)18(2)7-9-22(25)21(23)16-30-19(3)27/h8,10,17,20-23H,2,7,9,11-16H2,1,3-6H3/b10-8+/t17-,20-,21-,22?,23?,25+,26-/m0/s1. The fourth-order valence-corrected chi connectivity index (χ4v) is 7.04. The Morgan fingerprint density at radius 1 is 1.17 bits per heavy atom. The SMILES string of the molecule is C=C1CCC2[C@H](COC(C)=O)C([C@@]3(C)CC[C@H](C)C[C@@H]3/C=C/C(=O)OC)CC[C@]12C. The normalized spacial score (nSPS) is 41.5. The summed E-state index contributed by atoms with van der Waals surface area (Å²) in [7, 11) is 1.43. The van der Waals surface area contributed by atoms with Crippen LogP contribution in [0.15, 0.2) is 24.3 Å². The van der Waals surface area contributed by atoms with Gasteiger partial charge in [0, 0.05) is 18.9 Å². The second-order valence-electron chi connectivity index (χ2n) is 10.7. The molecular weight excluding hydrogens is 376 g/mol. The van der Waals surface area contributed by atoms with Gasteiger partial charge in [-0.15, -0.1) is 0 Å². The van der Waals surface area contributed by atoms with Crippen LogP contribution in [0.1, 0.15) is 72.6 Å². The maximum absolute atomic E-state index is 11.8. The van der Waals surface area contributed by atoms with Crippen molar-refractivity contribution in [2.24, 2.45) is 40.4 Å². The molecule has 0 heterocycles. The second kappa shape index (κ2) is 8.88. The number of hydrogen-bond acceptors (Lipinski definition) is 4. The smallest absolute Gasteiger partial charge is 0.330 e. The molecule has 0 spiro atoms. The zero-order valence-corrected chi connectivity index (χ0v) is 19.5. The first-order chi connectivity index (χ1) is 14.1. The van der Waals surface area contributed by atoms with Crippen LogP contribution in [0, 0.1) is 40.4 Å². The van der Waals surface area contributed by atoms with Gasteiger partial charge in [-0.25, -0.2) is 4.79 Å². The van der Waals surface area contributed by atoms with Crippen molar-refractivity contribution in [3.8, 4) is 0 Å². The Kier molecular flexibility index (Phi) is 6.84. The molecule has 0 N–H and O–H groups in total. The van der Waals surface area contributed by atoms with Gasteiger partial charge in [-0.1, -0.05) is 45.4 Å². The summed E-state index contributed by atoms with van der Waals surface area (Å²) in [5.74, 6) is 1.85. The van der Waals surface area contributed by atoms with Gasteiger partial charge >= 0.3 is 11.9 Å². The molecule has 0 amide bonds. The molecule has 0 bridgehead atoms. The molecule has 0 aromatic carbocycles. The van der Waals surface area contributed by atoms with Crippen molar-refractivity contribution in [3.63, 3.8) is 0 Å². The Morgan fingerprint density at radius 2 is 1.90 bits per heavy atom. The van der Waals surface area contributed by atoms with E-state index in [1.54, 1.807) is 6.08 Å². The van der Waals surface area contributed by atoms with Crippen LogP contribution in [-0.4, -0.2) is 25.7 Å².